The zero-order chi connectivity index (χ0) is 17.7. The molecule has 0 fully saturated rings. The third kappa shape index (κ3) is 3.69. The van der Waals surface area contributed by atoms with E-state index in [0.717, 1.165) is 11.1 Å². The van der Waals surface area contributed by atoms with E-state index in [1.807, 2.05) is 6.92 Å². The fraction of sp³-hybridized carbons (Fsp3) is 0.250. The van der Waals surface area contributed by atoms with E-state index in [1.165, 1.54) is 0 Å². The zero-order valence-corrected chi connectivity index (χ0v) is 13.4. The average Bonchev–Trinajstić information content (AvgIpc) is 2.55. The van der Waals surface area contributed by atoms with Crippen LogP contribution in [0.2, 0.25) is 0 Å². The number of phenolic OH excluding ortho intramolecular Hbond substituents is 2. The van der Waals surface area contributed by atoms with Gasteiger partial charge in [-0.25, -0.2) is 0 Å². The number of benzene rings is 2. The number of carboxylic acids is 1. The smallest absolute Gasteiger partial charge is 0.307 e. The first-order valence-electron chi connectivity index (χ1n) is 7.62. The predicted octanol–water partition coefficient (Wildman–Crippen LogP) is 3.52. The van der Waals surface area contributed by atoms with Crippen LogP contribution in [0.3, 0.4) is 0 Å². The van der Waals surface area contributed by atoms with Gasteiger partial charge in [0.1, 0.15) is 11.5 Å². The van der Waals surface area contributed by atoms with Crippen LogP contribution >= 0.6 is 0 Å². The second kappa shape index (κ2) is 7.10. The third-order valence-electron chi connectivity index (χ3n) is 4.38. The number of aromatic hydroxyl groups is 2. The van der Waals surface area contributed by atoms with Gasteiger partial charge in [-0.05, 0) is 41.8 Å². The second-order valence-electron chi connectivity index (χ2n) is 6.07. The topological polar surface area (TPSA) is 77.8 Å². The molecule has 0 spiro atoms. The van der Waals surface area contributed by atoms with Crippen LogP contribution in [0.15, 0.2) is 48.5 Å². The molecule has 0 radical (unpaired) electrons. The number of hydrogen-bond acceptors (Lipinski definition) is 3. The normalized spacial score (nSPS) is 12.3. The molecular formula is C20H20O4. The van der Waals surface area contributed by atoms with Gasteiger partial charge in [0.15, 0.2) is 0 Å². The van der Waals surface area contributed by atoms with Gasteiger partial charge in [0.2, 0.25) is 0 Å². The summed E-state index contributed by atoms with van der Waals surface area (Å²) in [5.74, 6) is 1.09. The minimum absolute atomic E-state index is 0.140. The van der Waals surface area contributed by atoms with Crippen molar-refractivity contribution in [2.24, 2.45) is 5.92 Å². The minimum atomic E-state index is -0.934. The van der Waals surface area contributed by atoms with Crippen LogP contribution < -0.4 is 0 Å². The molecule has 124 valence electrons. The van der Waals surface area contributed by atoms with Crippen molar-refractivity contribution in [2.75, 3.05) is 0 Å². The van der Waals surface area contributed by atoms with Gasteiger partial charge in [0.05, 0.1) is 5.92 Å². The number of hydrogen-bond donors (Lipinski definition) is 3. The van der Waals surface area contributed by atoms with Gasteiger partial charge in [0, 0.05) is 11.8 Å². The van der Waals surface area contributed by atoms with Gasteiger partial charge in [-0.1, -0.05) is 31.2 Å². The van der Waals surface area contributed by atoms with Crippen LogP contribution in [-0.2, 0) is 10.2 Å². The maximum Gasteiger partial charge on any atom is 0.307 e. The van der Waals surface area contributed by atoms with Crippen molar-refractivity contribution in [3.05, 3.63) is 59.7 Å². The summed E-state index contributed by atoms with van der Waals surface area (Å²) in [5.41, 5.74) is 1.12. The van der Waals surface area contributed by atoms with Crippen LogP contribution in [0.25, 0.3) is 0 Å². The van der Waals surface area contributed by atoms with Gasteiger partial charge in [0.25, 0.3) is 0 Å². The maximum atomic E-state index is 11.6. The fourth-order valence-corrected chi connectivity index (χ4v) is 2.94. The van der Waals surface area contributed by atoms with Crippen molar-refractivity contribution in [1.29, 1.82) is 0 Å². The summed E-state index contributed by atoms with van der Waals surface area (Å²) >= 11 is 0. The summed E-state index contributed by atoms with van der Waals surface area (Å²) in [4.78, 5) is 11.6. The highest BCUT2D eigenvalue weighted by Crippen LogP contribution is 2.39. The van der Waals surface area contributed by atoms with Crippen molar-refractivity contribution in [1.82, 2.24) is 0 Å². The summed E-state index contributed by atoms with van der Waals surface area (Å²) in [7, 11) is 0. The Kier molecular flexibility index (Phi) is 5.15. The highest BCUT2D eigenvalue weighted by atomic mass is 16.4. The van der Waals surface area contributed by atoms with Gasteiger partial charge >= 0.3 is 5.97 Å². The Morgan fingerprint density at radius 1 is 1.04 bits per heavy atom. The molecule has 1 atom stereocenters. The highest BCUT2D eigenvalue weighted by molar-refractivity contribution is 5.71. The molecule has 0 saturated heterocycles. The van der Waals surface area contributed by atoms with Gasteiger partial charge < -0.3 is 15.3 Å². The Morgan fingerprint density at radius 3 is 1.79 bits per heavy atom. The second-order valence-corrected chi connectivity index (χ2v) is 6.07. The van der Waals surface area contributed by atoms with E-state index in [4.69, 9.17) is 6.42 Å². The molecule has 2 aromatic rings. The van der Waals surface area contributed by atoms with Crippen LogP contribution in [0, 0.1) is 18.3 Å². The molecule has 4 nitrogen and oxygen atoms in total. The first kappa shape index (κ1) is 17.4. The molecule has 0 saturated carbocycles. The zero-order valence-electron chi connectivity index (χ0n) is 13.4. The summed E-state index contributed by atoms with van der Waals surface area (Å²) in [6.45, 7) is 1.94. The molecule has 2 rings (SSSR count). The van der Waals surface area contributed by atoms with E-state index in [9.17, 15) is 20.1 Å². The van der Waals surface area contributed by atoms with Crippen molar-refractivity contribution < 1.29 is 20.1 Å². The van der Waals surface area contributed by atoms with E-state index >= 15 is 0 Å². The molecule has 0 amide bonds. The quantitative estimate of drug-likeness (QED) is 0.711. The summed E-state index contributed by atoms with van der Waals surface area (Å²) in [6, 6.07) is 13.4. The lowest BCUT2D eigenvalue weighted by molar-refractivity contribution is -0.142. The van der Waals surface area contributed by atoms with Gasteiger partial charge in [-0.2, -0.15) is 0 Å². The van der Waals surface area contributed by atoms with Crippen LogP contribution in [0.1, 0.15) is 30.9 Å². The van der Waals surface area contributed by atoms with Crippen LogP contribution in [-0.4, -0.2) is 21.3 Å². The van der Waals surface area contributed by atoms with Crippen molar-refractivity contribution in [3.8, 4) is 23.8 Å². The fourth-order valence-electron chi connectivity index (χ4n) is 2.94. The molecule has 0 aromatic heterocycles. The standard InChI is InChI=1S/C20H20O4/c1-3-4-14(19(23)24)13-20(2,15-5-9-17(21)10-6-15)16-7-11-18(22)12-8-16/h1,5-12,14,21-22H,4,13H2,2H3,(H,23,24). The highest BCUT2D eigenvalue weighted by Gasteiger charge is 2.34. The van der Waals surface area contributed by atoms with Gasteiger partial charge in [-0.15, -0.1) is 12.3 Å². The lowest BCUT2D eigenvalue weighted by Crippen LogP contribution is -2.30. The molecule has 0 heterocycles. The lowest BCUT2D eigenvalue weighted by atomic mass is 9.70. The molecule has 2 aromatic carbocycles. The van der Waals surface area contributed by atoms with E-state index in [1.54, 1.807) is 48.5 Å². The molecule has 0 aliphatic rings. The predicted molar refractivity (Wildman–Crippen MR) is 91.9 cm³/mol. The SMILES string of the molecule is C#CCC(CC(C)(c1ccc(O)cc1)c1ccc(O)cc1)C(=O)O. The first-order chi connectivity index (χ1) is 11.4. The monoisotopic (exact) mass is 324 g/mol. The molecular weight excluding hydrogens is 304 g/mol. The Hall–Kier alpha value is -2.93. The minimum Gasteiger partial charge on any atom is -0.508 e. The number of aliphatic carboxylic acids is 1. The van der Waals surface area contributed by atoms with Crippen molar-refractivity contribution in [2.45, 2.75) is 25.2 Å². The van der Waals surface area contributed by atoms with E-state index in [2.05, 4.69) is 5.92 Å². The number of phenols is 2. The van der Waals surface area contributed by atoms with E-state index in [0.29, 0.717) is 6.42 Å². The number of carboxylic acid groups (broad SMARTS) is 1. The maximum absolute atomic E-state index is 11.6. The van der Waals surface area contributed by atoms with Gasteiger partial charge in [-0.3, -0.25) is 4.79 Å². The Bertz CT molecular complexity index is 693. The largest absolute Gasteiger partial charge is 0.508 e. The molecule has 0 aliphatic carbocycles. The molecule has 0 aliphatic heterocycles. The van der Waals surface area contributed by atoms with Crippen molar-refractivity contribution in [3.63, 3.8) is 0 Å². The molecule has 4 heteroatoms. The average molecular weight is 324 g/mol. The van der Waals surface area contributed by atoms with E-state index in [-0.39, 0.29) is 17.9 Å². The molecule has 0 bridgehead atoms. The summed E-state index contributed by atoms with van der Waals surface area (Å²) < 4.78 is 0. The molecule has 24 heavy (non-hydrogen) atoms. The Morgan fingerprint density at radius 2 is 1.46 bits per heavy atom. The number of terminal acetylenes is 1. The van der Waals surface area contributed by atoms with Crippen LogP contribution in [0.4, 0.5) is 0 Å². The summed E-state index contributed by atoms with van der Waals surface area (Å²) in [5, 5.41) is 28.5. The molecule has 1 unspecified atom stereocenters. The summed E-state index contributed by atoms with van der Waals surface area (Å²) in [6.07, 6.45) is 5.77. The van der Waals surface area contributed by atoms with Crippen LogP contribution in [0.5, 0.6) is 11.5 Å². The number of rotatable bonds is 6. The Labute approximate surface area is 141 Å². The molecule has 3 N–H and O–H groups in total. The van der Waals surface area contributed by atoms with Crippen molar-refractivity contribution >= 4 is 5.97 Å². The third-order valence-corrected chi connectivity index (χ3v) is 4.38. The Balaban J connectivity index is 2.51. The van der Waals surface area contributed by atoms with E-state index < -0.39 is 17.3 Å². The lowest BCUT2D eigenvalue weighted by Gasteiger charge is -2.33. The number of carbonyl (C=O) groups is 1. The first-order valence-corrected chi connectivity index (χ1v) is 7.62.